The van der Waals surface area contributed by atoms with Gasteiger partial charge in [-0.2, -0.15) is 0 Å². The van der Waals surface area contributed by atoms with E-state index in [0.29, 0.717) is 24.0 Å². The van der Waals surface area contributed by atoms with Crippen LogP contribution in [0.1, 0.15) is 73.9 Å². The SMILES string of the molecule is C=CCCC(C(=C)NC)N1Cc2cc(CC3CCCCC3NCc3ccccn3)ccc2C1C. The molecule has 1 saturated carbocycles. The van der Waals surface area contributed by atoms with Crippen molar-refractivity contribution < 1.29 is 0 Å². The fourth-order valence-electron chi connectivity index (χ4n) is 5.97. The van der Waals surface area contributed by atoms with Crippen molar-refractivity contribution >= 4 is 0 Å². The standard InChI is InChI=1S/C30H42N4/c1-5-6-14-30(22(2)31-4)34-21-26-19-24(15-16-28(26)23(34)3)18-25-11-7-8-13-29(25)33-20-27-12-9-10-17-32-27/h5,9-10,12,15-17,19,23,25,29-31,33H,1-2,6-8,11,13-14,18,20-21H2,3-4H3. The molecule has 1 aliphatic heterocycles. The number of nitrogens with zero attached hydrogens (tertiary/aromatic N) is 2. The van der Waals surface area contributed by atoms with Crippen LogP contribution in [0.25, 0.3) is 0 Å². The zero-order valence-electron chi connectivity index (χ0n) is 21.1. The number of hydrogen-bond donors (Lipinski definition) is 2. The molecule has 0 saturated heterocycles. The third-order valence-corrected chi connectivity index (χ3v) is 7.95. The van der Waals surface area contributed by atoms with E-state index in [2.05, 4.69) is 70.9 Å². The maximum absolute atomic E-state index is 4.49. The summed E-state index contributed by atoms with van der Waals surface area (Å²) < 4.78 is 0. The predicted octanol–water partition coefficient (Wildman–Crippen LogP) is 5.92. The van der Waals surface area contributed by atoms with E-state index in [9.17, 15) is 0 Å². The Kier molecular flexibility index (Phi) is 8.58. The molecule has 0 spiro atoms. The van der Waals surface area contributed by atoms with Gasteiger partial charge in [0.2, 0.25) is 0 Å². The number of benzene rings is 1. The van der Waals surface area contributed by atoms with Crippen molar-refractivity contribution in [2.45, 2.75) is 83.1 Å². The minimum atomic E-state index is 0.326. The normalized spacial score (nSPS) is 23.3. The molecular weight excluding hydrogens is 416 g/mol. The highest BCUT2D eigenvalue weighted by atomic mass is 15.2. The van der Waals surface area contributed by atoms with Crippen LogP contribution in [-0.2, 0) is 19.5 Å². The molecule has 182 valence electrons. The van der Waals surface area contributed by atoms with E-state index in [4.69, 9.17) is 0 Å². The summed E-state index contributed by atoms with van der Waals surface area (Å²) >= 11 is 0. The number of likely N-dealkylation sites (N-methyl/N-ethyl adjacent to an activating group) is 1. The molecule has 0 radical (unpaired) electrons. The van der Waals surface area contributed by atoms with Gasteiger partial charge in [-0.15, -0.1) is 6.58 Å². The van der Waals surface area contributed by atoms with Crippen LogP contribution in [0.15, 0.2) is 67.5 Å². The Morgan fingerprint density at radius 1 is 1.24 bits per heavy atom. The van der Waals surface area contributed by atoms with E-state index in [1.54, 1.807) is 0 Å². The Balaban J connectivity index is 1.43. The van der Waals surface area contributed by atoms with E-state index in [0.717, 1.165) is 43.7 Å². The number of nitrogens with one attached hydrogen (secondary N) is 2. The summed E-state index contributed by atoms with van der Waals surface area (Å²) in [5, 5.41) is 7.14. The smallest absolute Gasteiger partial charge is 0.0541 e. The maximum Gasteiger partial charge on any atom is 0.0541 e. The van der Waals surface area contributed by atoms with E-state index >= 15 is 0 Å². The zero-order valence-corrected chi connectivity index (χ0v) is 21.1. The first-order valence-corrected chi connectivity index (χ1v) is 13.1. The molecule has 1 fully saturated rings. The molecule has 2 heterocycles. The Bertz CT molecular complexity index is 954. The van der Waals surface area contributed by atoms with Crippen LogP contribution in [0.3, 0.4) is 0 Å². The summed E-state index contributed by atoms with van der Waals surface area (Å²) in [5.74, 6) is 0.690. The molecule has 34 heavy (non-hydrogen) atoms. The molecule has 4 unspecified atom stereocenters. The molecule has 0 bridgehead atoms. The van der Waals surface area contributed by atoms with Crippen LogP contribution in [0.4, 0.5) is 0 Å². The van der Waals surface area contributed by atoms with Gasteiger partial charge in [0.15, 0.2) is 0 Å². The second-order valence-electron chi connectivity index (χ2n) is 10.1. The van der Waals surface area contributed by atoms with Crippen LogP contribution < -0.4 is 10.6 Å². The summed E-state index contributed by atoms with van der Waals surface area (Å²) in [7, 11) is 1.98. The van der Waals surface area contributed by atoms with Crippen LogP contribution in [-0.4, -0.2) is 29.0 Å². The largest absolute Gasteiger partial charge is 0.391 e. The number of allylic oxidation sites excluding steroid dienone is 1. The van der Waals surface area contributed by atoms with Gasteiger partial charge in [-0.1, -0.05) is 49.8 Å². The summed E-state index contributed by atoms with van der Waals surface area (Å²) in [6, 6.07) is 14.7. The predicted molar refractivity (Wildman–Crippen MR) is 142 cm³/mol. The third kappa shape index (κ3) is 5.79. The number of rotatable bonds is 11. The van der Waals surface area contributed by atoms with Gasteiger partial charge in [-0.25, -0.2) is 0 Å². The van der Waals surface area contributed by atoms with Crippen molar-refractivity contribution in [3.05, 3.63) is 89.9 Å². The van der Waals surface area contributed by atoms with Gasteiger partial charge in [0.25, 0.3) is 0 Å². The first kappa shape index (κ1) is 24.7. The van der Waals surface area contributed by atoms with Crippen molar-refractivity contribution in [1.82, 2.24) is 20.5 Å². The van der Waals surface area contributed by atoms with Gasteiger partial charge in [-0.05, 0) is 73.8 Å². The fraction of sp³-hybridized carbons (Fsp3) is 0.500. The van der Waals surface area contributed by atoms with Gasteiger partial charge < -0.3 is 10.6 Å². The second-order valence-corrected chi connectivity index (χ2v) is 10.1. The van der Waals surface area contributed by atoms with E-state index in [1.807, 2.05) is 25.4 Å². The lowest BCUT2D eigenvalue weighted by Gasteiger charge is -2.33. The first-order valence-electron chi connectivity index (χ1n) is 13.1. The molecule has 0 amide bonds. The summed E-state index contributed by atoms with van der Waals surface area (Å²) in [5.41, 5.74) is 6.69. The van der Waals surface area contributed by atoms with Crippen LogP contribution in [0.2, 0.25) is 0 Å². The van der Waals surface area contributed by atoms with Crippen molar-refractivity contribution in [2.24, 2.45) is 5.92 Å². The highest BCUT2D eigenvalue weighted by molar-refractivity contribution is 5.38. The average molecular weight is 459 g/mol. The van der Waals surface area contributed by atoms with Crippen molar-refractivity contribution in [1.29, 1.82) is 0 Å². The first-order chi connectivity index (χ1) is 16.6. The molecule has 2 N–H and O–H groups in total. The summed E-state index contributed by atoms with van der Waals surface area (Å²) in [4.78, 5) is 7.10. The minimum absolute atomic E-state index is 0.326. The van der Waals surface area contributed by atoms with Gasteiger partial charge in [0, 0.05) is 44.1 Å². The molecule has 2 aromatic rings. The summed E-state index contributed by atoms with van der Waals surface area (Å²) in [6.45, 7) is 12.4. The molecule has 4 rings (SSSR count). The molecule has 4 heteroatoms. The van der Waals surface area contributed by atoms with Crippen LogP contribution >= 0.6 is 0 Å². The van der Waals surface area contributed by atoms with Gasteiger partial charge in [-0.3, -0.25) is 9.88 Å². The highest BCUT2D eigenvalue weighted by Gasteiger charge is 2.33. The third-order valence-electron chi connectivity index (χ3n) is 7.95. The molecule has 1 aliphatic carbocycles. The number of aromatic nitrogens is 1. The monoisotopic (exact) mass is 458 g/mol. The molecule has 1 aromatic carbocycles. The average Bonchev–Trinajstić information content (AvgIpc) is 3.19. The maximum atomic E-state index is 4.49. The summed E-state index contributed by atoms with van der Waals surface area (Å²) in [6.07, 6.45) is 12.4. The second kappa shape index (κ2) is 11.8. The van der Waals surface area contributed by atoms with Gasteiger partial charge >= 0.3 is 0 Å². The molecule has 4 nitrogen and oxygen atoms in total. The quantitative estimate of drug-likeness (QED) is 0.410. The lowest BCUT2D eigenvalue weighted by molar-refractivity contribution is 0.167. The molecule has 2 aliphatic rings. The minimum Gasteiger partial charge on any atom is -0.391 e. The topological polar surface area (TPSA) is 40.2 Å². The van der Waals surface area contributed by atoms with Crippen molar-refractivity contribution in [3.8, 4) is 0 Å². The molecular formula is C30H42N4. The molecule has 4 atom stereocenters. The molecule has 1 aromatic heterocycles. The number of pyridine rings is 1. The zero-order chi connectivity index (χ0) is 23.9. The van der Waals surface area contributed by atoms with E-state index < -0.39 is 0 Å². The lowest BCUT2D eigenvalue weighted by Crippen LogP contribution is -2.39. The number of fused-ring (bicyclic) bond motifs is 1. The van der Waals surface area contributed by atoms with Gasteiger partial charge in [0.05, 0.1) is 11.7 Å². The highest BCUT2D eigenvalue weighted by Crippen LogP contribution is 2.38. The lowest BCUT2D eigenvalue weighted by atomic mass is 9.80. The van der Waals surface area contributed by atoms with Crippen molar-refractivity contribution in [2.75, 3.05) is 7.05 Å². The Hall–Kier alpha value is -2.43. The van der Waals surface area contributed by atoms with Crippen LogP contribution in [0.5, 0.6) is 0 Å². The van der Waals surface area contributed by atoms with Crippen molar-refractivity contribution in [3.63, 3.8) is 0 Å². The Morgan fingerprint density at radius 2 is 2.09 bits per heavy atom. The Morgan fingerprint density at radius 3 is 2.85 bits per heavy atom. The van der Waals surface area contributed by atoms with E-state index in [-0.39, 0.29) is 0 Å². The van der Waals surface area contributed by atoms with E-state index in [1.165, 1.54) is 42.4 Å². The number of hydrogen-bond acceptors (Lipinski definition) is 4. The van der Waals surface area contributed by atoms with Gasteiger partial charge in [0.1, 0.15) is 0 Å². The Labute approximate surface area is 206 Å². The van der Waals surface area contributed by atoms with Crippen LogP contribution in [0, 0.1) is 5.92 Å². The fourth-order valence-corrected chi connectivity index (χ4v) is 5.97.